The van der Waals surface area contributed by atoms with Crippen molar-refractivity contribution in [3.05, 3.63) is 83.7 Å². The fraction of sp³-hybridized carbons (Fsp3) is 0.115. The number of nitrogens with one attached hydrogen (secondary N) is 1. The molecule has 8 heteroatoms. The maximum absolute atomic E-state index is 13.4. The highest BCUT2D eigenvalue weighted by Gasteiger charge is 2.16. The predicted molar refractivity (Wildman–Crippen MR) is 128 cm³/mol. The molecule has 4 aromatic rings. The number of halogens is 1. The summed E-state index contributed by atoms with van der Waals surface area (Å²) in [6, 6.07) is 18.4. The molecule has 0 aliphatic rings. The lowest BCUT2D eigenvalue weighted by Crippen LogP contribution is -2.18. The lowest BCUT2D eigenvalue weighted by Gasteiger charge is -2.13. The van der Waals surface area contributed by atoms with E-state index in [1.807, 2.05) is 24.3 Å². The molecule has 0 atom stereocenters. The Hall–Kier alpha value is -4.46. The first-order valence-electron chi connectivity index (χ1n) is 10.3. The molecule has 1 amide bonds. The Morgan fingerprint density at radius 1 is 0.941 bits per heavy atom. The summed E-state index contributed by atoms with van der Waals surface area (Å²) in [5, 5.41) is 4.78. The summed E-state index contributed by atoms with van der Waals surface area (Å²) in [6.45, 7) is 0. The van der Waals surface area contributed by atoms with Gasteiger partial charge in [0.25, 0.3) is 5.91 Å². The van der Waals surface area contributed by atoms with Crippen molar-refractivity contribution in [3.8, 4) is 28.5 Å². The summed E-state index contributed by atoms with van der Waals surface area (Å²) < 4.78 is 29.5. The molecule has 7 nitrogen and oxygen atoms in total. The summed E-state index contributed by atoms with van der Waals surface area (Å²) >= 11 is 0. The summed E-state index contributed by atoms with van der Waals surface area (Å²) in [6.07, 6.45) is 1.46. The number of aromatic nitrogens is 1. The van der Waals surface area contributed by atoms with E-state index in [-0.39, 0.29) is 5.82 Å². The van der Waals surface area contributed by atoms with Crippen molar-refractivity contribution >= 4 is 23.0 Å². The topological polar surface area (TPSA) is 82.0 Å². The Morgan fingerprint density at radius 2 is 1.68 bits per heavy atom. The minimum atomic E-state index is -0.419. The van der Waals surface area contributed by atoms with E-state index in [1.54, 1.807) is 30.3 Å². The van der Waals surface area contributed by atoms with Gasteiger partial charge in [0.1, 0.15) is 5.82 Å². The van der Waals surface area contributed by atoms with Gasteiger partial charge in [-0.05, 0) is 48.5 Å². The maximum Gasteiger partial charge on any atom is 0.272 e. The third-order valence-corrected chi connectivity index (χ3v) is 5.21. The molecule has 0 bridgehead atoms. The van der Waals surface area contributed by atoms with Crippen LogP contribution in [0, 0.1) is 5.82 Å². The average Bonchev–Trinajstić information content (AvgIpc) is 2.87. The molecular weight excluding hydrogens is 437 g/mol. The number of fused-ring (bicyclic) bond motifs is 1. The Kier molecular flexibility index (Phi) is 6.68. The van der Waals surface area contributed by atoms with Gasteiger partial charge in [0, 0.05) is 16.5 Å². The molecule has 3 aromatic carbocycles. The van der Waals surface area contributed by atoms with Gasteiger partial charge in [-0.25, -0.2) is 14.8 Å². The first-order chi connectivity index (χ1) is 16.5. The van der Waals surface area contributed by atoms with E-state index < -0.39 is 5.91 Å². The lowest BCUT2D eigenvalue weighted by atomic mass is 10.0. The van der Waals surface area contributed by atoms with Crippen LogP contribution in [-0.2, 0) is 0 Å². The number of ether oxygens (including phenoxy) is 3. The van der Waals surface area contributed by atoms with Crippen molar-refractivity contribution in [2.75, 3.05) is 21.3 Å². The number of amides is 1. The number of nitrogens with zero attached hydrogens (tertiary/aromatic N) is 2. The zero-order valence-corrected chi connectivity index (χ0v) is 18.8. The molecular formula is C26H22FN3O4. The minimum Gasteiger partial charge on any atom is -0.493 e. The van der Waals surface area contributed by atoms with Crippen LogP contribution < -0.4 is 19.6 Å². The predicted octanol–water partition coefficient (Wildman–Crippen LogP) is 4.83. The van der Waals surface area contributed by atoms with Crippen LogP contribution in [-0.4, -0.2) is 38.4 Å². The van der Waals surface area contributed by atoms with Crippen LogP contribution in [0.15, 0.2) is 71.8 Å². The van der Waals surface area contributed by atoms with Gasteiger partial charge in [-0.15, -0.1) is 0 Å². The van der Waals surface area contributed by atoms with Crippen LogP contribution in [0.5, 0.6) is 17.2 Å². The zero-order valence-electron chi connectivity index (χ0n) is 18.8. The molecule has 1 heterocycles. The number of benzene rings is 3. The second-order valence-corrected chi connectivity index (χ2v) is 7.20. The lowest BCUT2D eigenvalue weighted by molar-refractivity contribution is 0.0956. The molecule has 0 radical (unpaired) electrons. The Balaban J connectivity index is 1.66. The van der Waals surface area contributed by atoms with Crippen molar-refractivity contribution in [1.82, 2.24) is 10.4 Å². The molecule has 0 fully saturated rings. The normalized spacial score (nSPS) is 10.9. The summed E-state index contributed by atoms with van der Waals surface area (Å²) in [5.41, 5.74) is 5.42. The first kappa shape index (κ1) is 22.7. The number of rotatable bonds is 7. The van der Waals surface area contributed by atoms with Crippen LogP contribution in [0.25, 0.3) is 22.2 Å². The molecule has 0 saturated carbocycles. The van der Waals surface area contributed by atoms with Gasteiger partial charge in [-0.2, -0.15) is 5.10 Å². The Bertz CT molecular complexity index is 1370. The Morgan fingerprint density at radius 3 is 2.38 bits per heavy atom. The summed E-state index contributed by atoms with van der Waals surface area (Å²) in [7, 11) is 4.55. The molecule has 4 rings (SSSR count). The van der Waals surface area contributed by atoms with E-state index in [9.17, 15) is 9.18 Å². The van der Waals surface area contributed by atoms with Gasteiger partial charge >= 0.3 is 0 Å². The first-order valence-corrected chi connectivity index (χ1v) is 10.3. The largest absolute Gasteiger partial charge is 0.493 e. The molecule has 1 N–H and O–H groups in total. The second kappa shape index (κ2) is 9.99. The van der Waals surface area contributed by atoms with E-state index >= 15 is 0 Å². The van der Waals surface area contributed by atoms with Gasteiger partial charge in [0.05, 0.1) is 44.3 Å². The molecule has 0 saturated heterocycles. The molecule has 34 heavy (non-hydrogen) atoms. The number of para-hydroxylation sites is 1. The van der Waals surface area contributed by atoms with Crippen LogP contribution in [0.1, 0.15) is 15.9 Å². The van der Waals surface area contributed by atoms with E-state index in [1.165, 1.54) is 39.7 Å². The van der Waals surface area contributed by atoms with Crippen molar-refractivity contribution in [2.24, 2.45) is 5.10 Å². The smallest absolute Gasteiger partial charge is 0.272 e. The van der Waals surface area contributed by atoms with Crippen LogP contribution >= 0.6 is 0 Å². The summed E-state index contributed by atoms with van der Waals surface area (Å²) in [5.74, 6) is 0.592. The molecule has 0 spiro atoms. The number of hydrogen-bond acceptors (Lipinski definition) is 6. The molecule has 172 valence electrons. The monoisotopic (exact) mass is 459 g/mol. The number of carbonyl (C=O) groups is 1. The third-order valence-electron chi connectivity index (χ3n) is 5.21. The van der Waals surface area contributed by atoms with Crippen LogP contribution in [0.4, 0.5) is 4.39 Å². The third kappa shape index (κ3) is 4.52. The zero-order chi connectivity index (χ0) is 24.1. The molecule has 0 unspecified atom stereocenters. The highest BCUT2D eigenvalue weighted by atomic mass is 19.1. The number of hydrazone groups is 1. The minimum absolute atomic E-state index is 0.345. The number of pyridine rings is 1. The number of hydrogen-bond donors (Lipinski definition) is 1. The number of methoxy groups -OCH3 is 3. The summed E-state index contributed by atoms with van der Waals surface area (Å²) in [4.78, 5) is 17.7. The van der Waals surface area contributed by atoms with Gasteiger partial charge in [0.2, 0.25) is 5.75 Å². The van der Waals surface area contributed by atoms with Gasteiger partial charge in [-0.3, -0.25) is 4.79 Å². The van der Waals surface area contributed by atoms with E-state index in [2.05, 4.69) is 15.5 Å². The van der Waals surface area contributed by atoms with Crippen molar-refractivity contribution in [1.29, 1.82) is 0 Å². The van der Waals surface area contributed by atoms with Crippen molar-refractivity contribution < 1.29 is 23.4 Å². The van der Waals surface area contributed by atoms with Crippen molar-refractivity contribution in [2.45, 2.75) is 0 Å². The number of carbonyl (C=O) groups excluding carboxylic acids is 1. The SMILES string of the molecule is COc1ccc(/C=N/NC(=O)c2cc(-c3ccc(F)cc3)nc3ccccc23)c(OC)c1OC. The van der Waals surface area contributed by atoms with Gasteiger partial charge in [0.15, 0.2) is 11.5 Å². The second-order valence-electron chi connectivity index (χ2n) is 7.20. The molecule has 0 aliphatic carbocycles. The van der Waals surface area contributed by atoms with E-state index in [0.717, 1.165) is 0 Å². The molecule has 0 aliphatic heterocycles. The maximum atomic E-state index is 13.4. The standard InChI is InChI=1S/C26H22FN3O4/c1-32-23-13-10-17(24(33-2)25(23)34-3)15-28-30-26(31)20-14-22(16-8-11-18(27)12-9-16)29-21-7-5-4-6-19(20)21/h4-15H,1-3H3,(H,30,31)/b28-15+. The molecule has 1 aromatic heterocycles. The highest BCUT2D eigenvalue weighted by Crippen LogP contribution is 2.39. The van der Waals surface area contributed by atoms with Gasteiger partial charge in [-0.1, -0.05) is 18.2 Å². The Labute approximate surface area is 195 Å². The van der Waals surface area contributed by atoms with Crippen LogP contribution in [0.2, 0.25) is 0 Å². The van der Waals surface area contributed by atoms with Crippen molar-refractivity contribution in [3.63, 3.8) is 0 Å². The van der Waals surface area contributed by atoms with Gasteiger partial charge < -0.3 is 14.2 Å². The van der Waals surface area contributed by atoms with E-state index in [0.29, 0.717) is 50.5 Å². The fourth-order valence-corrected chi connectivity index (χ4v) is 3.58. The fourth-order valence-electron chi connectivity index (χ4n) is 3.58. The highest BCUT2D eigenvalue weighted by molar-refractivity contribution is 6.07. The average molecular weight is 459 g/mol. The van der Waals surface area contributed by atoms with E-state index in [4.69, 9.17) is 14.2 Å². The van der Waals surface area contributed by atoms with Crippen LogP contribution in [0.3, 0.4) is 0 Å². The quantitative estimate of drug-likeness (QED) is 0.316.